The second kappa shape index (κ2) is 4.85. The van der Waals surface area contributed by atoms with Crippen molar-refractivity contribution in [3.8, 4) is 11.1 Å². The van der Waals surface area contributed by atoms with Gasteiger partial charge in [-0.1, -0.05) is 30.3 Å². The number of aromatic nitrogens is 2. The zero-order valence-corrected chi connectivity index (χ0v) is 11.4. The molecule has 0 atom stereocenters. The van der Waals surface area contributed by atoms with Crippen molar-refractivity contribution < 1.29 is 4.79 Å². The molecule has 98 valence electrons. The van der Waals surface area contributed by atoms with Gasteiger partial charge in [-0.05, 0) is 37.1 Å². The molecule has 3 heteroatoms. The minimum Gasteiger partial charge on any atom is -0.294 e. The smallest absolute Gasteiger partial charge is 0.160 e. The molecule has 3 aromatic rings. The summed E-state index contributed by atoms with van der Waals surface area (Å²) in [7, 11) is 0. The van der Waals surface area contributed by atoms with Crippen LogP contribution in [0, 0.1) is 6.92 Å². The molecule has 0 fully saturated rings. The molecule has 0 saturated heterocycles. The summed E-state index contributed by atoms with van der Waals surface area (Å²) in [5, 5.41) is 1.02. The number of nitrogens with zero attached hydrogens (tertiary/aromatic N) is 2. The maximum atomic E-state index is 11.7. The van der Waals surface area contributed by atoms with Gasteiger partial charge in [0.2, 0.25) is 0 Å². The standard InChI is InChI=1S/C17H14N2O/c1-11-16-9-13(7-8-17(16)19-10-18-11)15-6-4-3-5-14(15)12(2)20/h3-10H,1-2H3. The Morgan fingerprint density at radius 3 is 2.65 bits per heavy atom. The van der Waals surface area contributed by atoms with E-state index < -0.39 is 0 Å². The molecule has 1 aromatic heterocycles. The summed E-state index contributed by atoms with van der Waals surface area (Å²) in [4.78, 5) is 20.2. The number of hydrogen-bond donors (Lipinski definition) is 0. The second-order valence-electron chi connectivity index (χ2n) is 4.79. The van der Waals surface area contributed by atoms with Gasteiger partial charge in [-0.15, -0.1) is 0 Å². The van der Waals surface area contributed by atoms with Gasteiger partial charge in [0.1, 0.15) is 6.33 Å². The fraction of sp³-hybridized carbons (Fsp3) is 0.118. The molecule has 0 amide bonds. The fourth-order valence-corrected chi connectivity index (χ4v) is 2.40. The van der Waals surface area contributed by atoms with Crippen molar-refractivity contribution >= 4 is 16.7 Å². The van der Waals surface area contributed by atoms with Gasteiger partial charge in [-0.25, -0.2) is 9.97 Å². The van der Waals surface area contributed by atoms with E-state index in [1.807, 2.05) is 49.4 Å². The summed E-state index contributed by atoms with van der Waals surface area (Å²) in [6.45, 7) is 3.55. The number of carbonyl (C=O) groups is 1. The molecular weight excluding hydrogens is 248 g/mol. The monoisotopic (exact) mass is 262 g/mol. The Morgan fingerprint density at radius 1 is 1.05 bits per heavy atom. The summed E-state index contributed by atoms with van der Waals surface area (Å²) in [6.07, 6.45) is 1.57. The van der Waals surface area contributed by atoms with Crippen LogP contribution in [0.4, 0.5) is 0 Å². The van der Waals surface area contributed by atoms with Crippen LogP contribution in [-0.4, -0.2) is 15.8 Å². The molecular formula is C17H14N2O. The van der Waals surface area contributed by atoms with Gasteiger partial charge in [0.15, 0.2) is 5.78 Å². The van der Waals surface area contributed by atoms with Crippen LogP contribution in [-0.2, 0) is 0 Å². The first-order valence-electron chi connectivity index (χ1n) is 6.48. The predicted octanol–water partition coefficient (Wildman–Crippen LogP) is 3.81. The van der Waals surface area contributed by atoms with Gasteiger partial charge < -0.3 is 0 Å². The van der Waals surface area contributed by atoms with E-state index in [1.54, 1.807) is 13.3 Å². The Labute approximate surface area is 117 Å². The third-order valence-electron chi connectivity index (χ3n) is 3.45. The van der Waals surface area contributed by atoms with Gasteiger partial charge in [-0.3, -0.25) is 4.79 Å². The van der Waals surface area contributed by atoms with Gasteiger partial charge in [0.05, 0.1) is 5.52 Å². The van der Waals surface area contributed by atoms with Crippen LogP contribution in [0.1, 0.15) is 23.0 Å². The highest BCUT2D eigenvalue weighted by molar-refractivity contribution is 6.01. The van der Waals surface area contributed by atoms with E-state index in [1.165, 1.54) is 0 Å². The van der Waals surface area contributed by atoms with Crippen molar-refractivity contribution in [1.29, 1.82) is 0 Å². The minimum atomic E-state index is 0.0710. The lowest BCUT2D eigenvalue weighted by Crippen LogP contribution is -1.96. The third kappa shape index (κ3) is 2.07. The van der Waals surface area contributed by atoms with Crippen molar-refractivity contribution in [2.24, 2.45) is 0 Å². The Hall–Kier alpha value is -2.55. The number of ketones is 1. The van der Waals surface area contributed by atoms with E-state index >= 15 is 0 Å². The SMILES string of the molecule is CC(=O)c1ccccc1-c1ccc2ncnc(C)c2c1. The Balaban J connectivity index is 2.25. The van der Waals surface area contributed by atoms with Crippen molar-refractivity contribution in [3.63, 3.8) is 0 Å². The molecule has 0 aliphatic heterocycles. The second-order valence-corrected chi connectivity index (χ2v) is 4.79. The van der Waals surface area contributed by atoms with E-state index in [2.05, 4.69) is 9.97 Å². The molecule has 0 aliphatic rings. The maximum absolute atomic E-state index is 11.7. The zero-order chi connectivity index (χ0) is 14.1. The predicted molar refractivity (Wildman–Crippen MR) is 79.7 cm³/mol. The van der Waals surface area contributed by atoms with Crippen LogP contribution >= 0.6 is 0 Å². The topological polar surface area (TPSA) is 42.9 Å². The third-order valence-corrected chi connectivity index (χ3v) is 3.45. The highest BCUT2D eigenvalue weighted by atomic mass is 16.1. The minimum absolute atomic E-state index is 0.0710. The van der Waals surface area contributed by atoms with E-state index in [4.69, 9.17) is 0 Å². The summed E-state index contributed by atoms with van der Waals surface area (Å²) in [5.41, 5.74) is 4.56. The van der Waals surface area contributed by atoms with Crippen molar-refractivity contribution in [2.75, 3.05) is 0 Å². The van der Waals surface area contributed by atoms with Gasteiger partial charge in [-0.2, -0.15) is 0 Å². The van der Waals surface area contributed by atoms with Gasteiger partial charge in [0, 0.05) is 16.6 Å². The lowest BCUT2D eigenvalue weighted by atomic mass is 9.96. The molecule has 2 aromatic carbocycles. The van der Waals surface area contributed by atoms with Crippen LogP contribution in [0.25, 0.3) is 22.0 Å². The molecule has 0 unspecified atom stereocenters. The maximum Gasteiger partial charge on any atom is 0.160 e. The number of carbonyl (C=O) groups excluding carboxylic acids is 1. The molecule has 0 spiro atoms. The lowest BCUT2D eigenvalue weighted by Gasteiger charge is -2.08. The van der Waals surface area contributed by atoms with Crippen molar-refractivity contribution in [3.05, 3.63) is 60.0 Å². The Morgan fingerprint density at radius 2 is 1.85 bits per heavy atom. The molecule has 0 radical (unpaired) electrons. The zero-order valence-electron chi connectivity index (χ0n) is 11.4. The summed E-state index contributed by atoms with van der Waals surface area (Å²) in [5.74, 6) is 0.0710. The van der Waals surface area contributed by atoms with Gasteiger partial charge in [0.25, 0.3) is 0 Å². The van der Waals surface area contributed by atoms with Crippen LogP contribution < -0.4 is 0 Å². The summed E-state index contributed by atoms with van der Waals surface area (Å²) >= 11 is 0. The van der Waals surface area contributed by atoms with Crippen LogP contribution in [0.5, 0.6) is 0 Å². The average molecular weight is 262 g/mol. The first-order valence-corrected chi connectivity index (χ1v) is 6.48. The van der Waals surface area contributed by atoms with Crippen LogP contribution in [0.3, 0.4) is 0 Å². The number of benzene rings is 2. The summed E-state index contributed by atoms with van der Waals surface area (Å²) in [6, 6.07) is 13.7. The summed E-state index contributed by atoms with van der Waals surface area (Å²) < 4.78 is 0. The van der Waals surface area contributed by atoms with Crippen LogP contribution in [0.2, 0.25) is 0 Å². The highest BCUT2D eigenvalue weighted by Gasteiger charge is 2.09. The highest BCUT2D eigenvalue weighted by Crippen LogP contribution is 2.27. The number of rotatable bonds is 2. The molecule has 0 saturated carbocycles. The largest absolute Gasteiger partial charge is 0.294 e. The van der Waals surface area contributed by atoms with Crippen LogP contribution in [0.15, 0.2) is 48.8 Å². The molecule has 20 heavy (non-hydrogen) atoms. The molecule has 1 heterocycles. The number of fused-ring (bicyclic) bond motifs is 1. The molecule has 0 N–H and O–H groups in total. The molecule has 3 rings (SSSR count). The Kier molecular flexibility index (Phi) is 3.03. The normalized spacial score (nSPS) is 10.7. The first-order chi connectivity index (χ1) is 9.66. The van der Waals surface area contributed by atoms with Crippen molar-refractivity contribution in [1.82, 2.24) is 9.97 Å². The quantitative estimate of drug-likeness (QED) is 0.659. The van der Waals surface area contributed by atoms with E-state index in [0.29, 0.717) is 0 Å². The number of hydrogen-bond acceptors (Lipinski definition) is 3. The molecule has 0 aliphatic carbocycles. The van der Waals surface area contributed by atoms with Crippen molar-refractivity contribution in [2.45, 2.75) is 13.8 Å². The van der Waals surface area contributed by atoms with E-state index in [0.717, 1.165) is 33.3 Å². The Bertz CT molecular complexity index is 809. The fourth-order valence-electron chi connectivity index (χ4n) is 2.40. The molecule has 0 bridgehead atoms. The number of aryl methyl sites for hydroxylation is 1. The van der Waals surface area contributed by atoms with E-state index in [-0.39, 0.29) is 5.78 Å². The number of Topliss-reactive ketones (excluding diaryl/α,β-unsaturated/α-hetero) is 1. The molecule has 3 nitrogen and oxygen atoms in total. The van der Waals surface area contributed by atoms with E-state index in [9.17, 15) is 4.79 Å². The van der Waals surface area contributed by atoms with Gasteiger partial charge >= 0.3 is 0 Å². The average Bonchev–Trinajstić information content (AvgIpc) is 2.47. The first kappa shape index (κ1) is 12.5. The lowest BCUT2D eigenvalue weighted by molar-refractivity contribution is 0.101.